The molecular weight excluding hydrogens is 266 g/mol. The number of hydrogen-bond acceptors (Lipinski definition) is 5. The fraction of sp³-hybridized carbons (Fsp3) is 0.692. The van der Waals surface area contributed by atoms with Crippen molar-refractivity contribution in [3.63, 3.8) is 0 Å². The van der Waals surface area contributed by atoms with E-state index < -0.39 is 0 Å². The fourth-order valence-corrected chi connectivity index (χ4v) is 2.41. The molecule has 1 aromatic rings. The van der Waals surface area contributed by atoms with Crippen LogP contribution < -0.4 is 10.1 Å². The quantitative estimate of drug-likeness (QED) is 0.922. The van der Waals surface area contributed by atoms with E-state index in [0.29, 0.717) is 16.9 Å². The van der Waals surface area contributed by atoms with Crippen LogP contribution in [0.25, 0.3) is 0 Å². The van der Waals surface area contributed by atoms with Crippen molar-refractivity contribution in [2.75, 3.05) is 11.9 Å². The van der Waals surface area contributed by atoms with Gasteiger partial charge >= 0.3 is 0 Å². The van der Waals surface area contributed by atoms with Crippen molar-refractivity contribution in [3.05, 3.63) is 11.2 Å². The lowest BCUT2D eigenvalue weighted by atomic mass is 10.0. The summed E-state index contributed by atoms with van der Waals surface area (Å²) >= 11 is 6.08. The highest BCUT2D eigenvalue weighted by molar-refractivity contribution is 6.31. The third-order valence-electron chi connectivity index (χ3n) is 2.98. The van der Waals surface area contributed by atoms with E-state index in [9.17, 15) is 0 Å². The average Bonchev–Trinajstić information content (AvgIpc) is 2.32. The van der Waals surface area contributed by atoms with E-state index in [2.05, 4.69) is 29.1 Å². The molecule has 1 saturated heterocycles. The smallest absolute Gasteiger partial charge is 0.237 e. The van der Waals surface area contributed by atoms with Gasteiger partial charge in [0.2, 0.25) is 11.8 Å². The van der Waals surface area contributed by atoms with Crippen molar-refractivity contribution < 1.29 is 9.47 Å². The van der Waals surface area contributed by atoms with Gasteiger partial charge in [-0.05, 0) is 20.8 Å². The van der Waals surface area contributed by atoms with Gasteiger partial charge in [-0.15, -0.1) is 0 Å². The van der Waals surface area contributed by atoms with Gasteiger partial charge in [-0.1, -0.05) is 11.6 Å². The first-order valence-electron chi connectivity index (χ1n) is 6.67. The second-order valence-electron chi connectivity index (χ2n) is 4.85. The highest BCUT2D eigenvalue weighted by Crippen LogP contribution is 2.28. The molecule has 0 saturated carbocycles. The molecule has 2 heterocycles. The Morgan fingerprint density at radius 1 is 1.42 bits per heavy atom. The Morgan fingerprint density at radius 3 is 2.74 bits per heavy atom. The minimum atomic E-state index is 0.0839. The van der Waals surface area contributed by atoms with Gasteiger partial charge in [0.1, 0.15) is 11.1 Å². The summed E-state index contributed by atoms with van der Waals surface area (Å²) in [4.78, 5) is 8.38. The minimum Gasteiger partial charge on any atom is -0.473 e. The number of aromatic nitrogens is 2. The first-order chi connectivity index (χ1) is 9.08. The molecule has 2 unspecified atom stereocenters. The first-order valence-corrected chi connectivity index (χ1v) is 7.04. The molecule has 106 valence electrons. The molecule has 2 rings (SSSR count). The molecule has 6 heteroatoms. The molecule has 0 aromatic carbocycles. The topological polar surface area (TPSA) is 56.3 Å². The summed E-state index contributed by atoms with van der Waals surface area (Å²) in [5, 5.41) is 3.48. The van der Waals surface area contributed by atoms with Crippen LogP contribution in [0.1, 0.15) is 33.6 Å². The van der Waals surface area contributed by atoms with Crippen LogP contribution in [0.3, 0.4) is 0 Å². The summed E-state index contributed by atoms with van der Waals surface area (Å²) in [5.74, 6) is 0.981. The third-order valence-corrected chi connectivity index (χ3v) is 3.24. The minimum absolute atomic E-state index is 0.0839. The monoisotopic (exact) mass is 285 g/mol. The Kier molecular flexibility index (Phi) is 4.82. The van der Waals surface area contributed by atoms with E-state index >= 15 is 0 Å². The highest BCUT2D eigenvalue weighted by Gasteiger charge is 2.26. The number of hydrogen-bond donors (Lipinski definition) is 1. The molecule has 0 amide bonds. The van der Waals surface area contributed by atoms with Crippen LogP contribution in [-0.2, 0) is 4.74 Å². The average molecular weight is 286 g/mol. The van der Waals surface area contributed by atoms with E-state index in [1.54, 1.807) is 6.20 Å². The van der Waals surface area contributed by atoms with Gasteiger partial charge in [0, 0.05) is 19.4 Å². The van der Waals surface area contributed by atoms with Gasteiger partial charge in [0.25, 0.3) is 0 Å². The van der Waals surface area contributed by atoms with Gasteiger partial charge < -0.3 is 14.8 Å². The number of anilines is 1. The Balaban J connectivity index is 2.07. The summed E-state index contributed by atoms with van der Waals surface area (Å²) in [6, 6.07) is 0. The molecule has 1 aliphatic rings. The van der Waals surface area contributed by atoms with Crippen LogP contribution in [0.15, 0.2) is 6.20 Å². The maximum absolute atomic E-state index is 6.08. The number of rotatable bonds is 4. The number of ether oxygens (including phenoxy) is 2. The second-order valence-corrected chi connectivity index (χ2v) is 5.25. The first kappa shape index (κ1) is 14.3. The normalized spacial score (nSPS) is 27.1. The van der Waals surface area contributed by atoms with Crippen molar-refractivity contribution in [2.45, 2.75) is 51.9 Å². The van der Waals surface area contributed by atoms with Crippen LogP contribution in [0.2, 0.25) is 5.02 Å². The lowest BCUT2D eigenvalue weighted by molar-refractivity contribution is -0.0729. The molecule has 0 bridgehead atoms. The van der Waals surface area contributed by atoms with Gasteiger partial charge in [-0.2, -0.15) is 4.98 Å². The molecule has 0 aliphatic carbocycles. The molecule has 1 N–H and O–H groups in total. The maximum Gasteiger partial charge on any atom is 0.237 e. The fourth-order valence-electron chi connectivity index (χ4n) is 2.28. The summed E-state index contributed by atoms with van der Waals surface area (Å²) in [7, 11) is 0. The number of nitrogens with one attached hydrogen (secondary N) is 1. The Bertz CT molecular complexity index is 420. The summed E-state index contributed by atoms with van der Waals surface area (Å²) < 4.78 is 11.6. The summed E-state index contributed by atoms with van der Waals surface area (Å²) in [5.41, 5.74) is 0. The zero-order valence-electron chi connectivity index (χ0n) is 11.5. The molecule has 2 atom stereocenters. The predicted molar refractivity (Wildman–Crippen MR) is 74.9 cm³/mol. The number of halogens is 1. The van der Waals surface area contributed by atoms with E-state index in [4.69, 9.17) is 21.1 Å². The Hall–Kier alpha value is -1.07. The van der Waals surface area contributed by atoms with E-state index in [1.165, 1.54) is 0 Å². The molecular formula is C13H20ClN3O2. The second kappa shape index (κ2) is 6.39. The highest BCUT2D eigenvalue weighted by atomic mass is 35.5. The molecule has 5 nitrogen and oxygen atoms in total. The van der Waals surface area contributed by atoms with E-state index in [-0.39, 0.29) is 18.3 Å². The number of nitrogens with zero attached hydrogens (tertiary/aromatic N) is 2. The van der Waals surface area contributed by atoms with Crippen molar-refractivity contribution in [2.24, 2.45) is 0 Å². The van der Waals surface area contributed by atoms with Gasteiger partial charge in [0.15, 0.2) is 0 Å². The van der Waals surface area contributed by atoms with Gasteiger partial charge in [-0.25, -0.2) is 4.98 Å². The van der Waals surface area contributed by atoms with Crippen molar-refractivity contribution in [3.8, 4) is 5.88 Å². The summed E-state index contributed by atoms with van der Waals surface area (Å²) in [6.07, 6.45) is 3.74. The molecule has 1 fully saturated rings. The third kappa shape index (κ3) is 3.94. The lowest BCUT2D eigenvalue weighted by Crippen LogP contribution is -2.36. The van der Waals surface area contributed by atoms with Crippen LogP contribution >= 0.6 is 11.6 Å². The van der Waals surface area contributed by atoms with Gasteiger partial charge in [0.05, 0.1) is 18.4 Å². The van der Waals surface area contributed by atoms with Crippen molar-refractivity contribution in [1.82, 2.24) is 9.97 Å². The molecule has 0 spiro atoms. The Morgan fingerprint density at radius 2 is 2.11 bits per heavy atom. The van der Waals surface area contributed by atoms with Crippen LogP contribution in [0, 0.1) is 0 Å². The zero-order chi connectivity index (χ0) is 13.8. The van der Waals surface area contributed by atoms with Crippen molar-refractivity contribution in [1.29, 1.82) is 0 Å². The van der Waals surface area contributed by atoms with Crippen LogP contribution in [-0.4, -0.2) is 34.8 Å². The zero-order valence-corrected chi connectivity index (χ0v) is 12.3. The van der Waals surface area contributed by atoms with E-state index in [0.717, 1.165) is 19.4 Å². The predicted octanol–water partition coefficient (Wildman–Crippen LogP) is 2.90. The SMILES string of the molecule is CCNc1ncc(Cl)c(OC2CC(C)OC(C)C2)n1. The largest absolute Gasteiger partial charge is 0.473 e. The Labute approximate surface area is 118 Å². The van der Waals surface area contributed by atoms with E-state index in [1.807, 2.05) is 6.92 Å². The molecule has 0 radical (unpaired) electrons. The molecule has 19 heavy (non-hydrogen) atoms. The van der Waals surface area contributed by atoms with Crippen molar-refractivity contribution >= 4 is 17.5 Å². The van der Waals surface area contributed by atoms with Gasteiger partial charge in [-0.3, -0.25) is 0 Å². The lowest BCUT2D eigenvalue weighted by Gasteiger charge is -2.32. The van der Waals surface area contributed by atoms with Crippen LogP contribution in [0.4, 0.5) is 5.95 Å². The van der Waals surface area contributed by atoms with Crippen LogP contribution in [0.5, 0.6) is 5.88 Å². The standard InChI is InChI=1S/C13H20ClN3O2/c1-4-15-13-16-7-11(14)12(17-13)19-10-5-8(2)18-9(3)6-10/h7-10H,4-6H2,1-3H3,(H,15,16,17). The maximum atomic E-state index is 6.08. The summed E-state index contributed by atoms with van der Waals surface area (Å²) in [6.45, 7) is 6.85. The molecule has 1 aliphatic heterocycles. The molecule has 1 aromatic heterocycles.